The van der Waals surface area contributed by atoms with Crippen molar-refractivity contribution in [1.29, 1.82) is 0 Å². The molecule has 0 aliphatic rings. The van der Waals surface area contributed by atoms with Gasteiger partial charge in [0.1, 0.15) is 5.69 Å². The van der Waals surface area contributed by atoms with Gasteiger partial charge in [0.15, 0.2) is 0 Å². The molecule has 0 bridgehead atoms. The molecule has 1 heterocycles. The summed E-state index contributed by atoms with van der Waals surface area (Å²) in [4.78, 5) is 11.8. The molecule has 1 aromatic rings. The van der Waals surface area contributed by atoms with E-state index in [9.17, 15) is 4.79 Å². The number of aliphatic hydroxyl groups is 1. The molecule has 1 rings (SSSR count). The van der Waals surface area contributed by atoms with Gasteiger partial charge in [0.25, 0.3) is 5.91 Å². The minimum Gasteiger partial charge on any atom is -0.396 e. The van der Waals surface area contributed by atoms with Crippen LogP contribution in [0.15, 0.2) is 12.3 Å². The monoisotopic (exact) mass is 225 g/mol. The Morgan fingerprint density at radius 3 is 2.81 bits per heavy atom. The molecular formula is C11H19N3O2. The van der Waals surface area contributed by atoms with E-state index in [1.807, 2.05) is 13.8 Å². The number of amides is 1. The second-order valence-electron chi connectivity index (χ2n) is 4.22. The van der Waals surface area contributed by atoms with E-state index in [2.05, 4.69) is 10.4 Å². The van der Waals surface area contributed by atoms with Gasteiger partial charge in [-0.05, 0) is 25.8 Å². The fourth-order valence-electron chi connectivity index (χ4n) is 1.45. The number of nitrogens with zero attached hydrogens (tertiary/aromatic N) is 2. The van der Waals surface area contributed by atoms with Crippen LogP contribution in [0.4, 0.5) is 0 Å². The summed E-state index contributed by atoms with van der Waals surface area (Å²) in [5.41, 5.74) is 0.0312. The lowest BCUT2D eigenvalue weighted by molar-refractivity contribution is 0.0880. The van der Waals surface area contributed by atoms with Gasteiger partial charge >= 0.3 is 0 Å². The Labute approximate surface area is 95.5 Å². The quantitative estimate of drug-likeness (QED) is 0.775. The van der Waals surface area contributed by atoms with E-state index in [4.69, 9.17) is 5.11 Å². The van der Waals surface area contributed by atoms with Gasteiger partial charge in [-0.15, -0.1) is 0 Å². The number of aromatic nitrogens is 2. The number of carbonyl (C=O) groups excluding carboxylic acids is 1. The zero-order valence-electron chi connectivity index (χ0n) is 10.0. The first-order chi connectivity index (χ1) is 7.50. The first-order valence-electron chi connectivity index (χ1n) is 5.44. The van der Waals surface area contributed by atoms with Gasteiger partial charge in [-0.3, -0.25) is 9.48 Å². The zero-order valence-corrected chi connectivity index (χ0v) is 10.0. The lowest BCUT2D eigenvalue weighted by atomic mass is 9.95. The third kappa shape index (κ3) is 3.06. The predicted octanol–water partition coefficient (Wildman–Crippen LogP) is 0.701. The summed E-state index contributed by atoms with van der Waals surface area (Å²) in [6, 6.07) is 1.67. The standard InChI is InChI=1S/C11H19N3O2/c1-4-11(2,6-8-15)12-10(16)9-5-7-14(3)13-9/h5,7,15H,4,6,8H2,1-3H3,(H,12,16). The van der Waals surface area contributed by atoms with Gasteiger partial charge in [0, 0.05) is 25.4 Å². The van der Waals surface area contributed by atoms with E-state index < -0.39 is 0 Å². The molecule has 0 saturated heterocycles. The van der Waals surface area contributed by atoms with E-state index in [1.54, 1.807) is 24.0 Å². The molecule has 5 heteroatoms. The molecule has 0 spiro atoms. The third-order valence-electron chi connectivity index (χ3n) is 2.81. The average molecular weight is 225 g/mol. The molecule has 0 aliphatic carbocycles. The average Bonchev–Trinajstić information content (AvgIpc) is 2.65. The number of carbonyl (C=O) groups is 1. The number of nitrogens with one attached hydrogen (secondary N) is 1. The number of hydrogen-bond acceptors (Lipinski definition) is 3. The predicted molar refractivity (Wildman–Crippen MR) is 61.1 cm³/mol. The fraction of sp³-hybridized carbons (Fsp3) is 0.636. The maximum absolute atomic E-state index is 11.8. The van der Waals surface area contributed by atoms with Gasteiger partial charge in [-0.25, -0.2) is 0 Å². The Hall–Kier alpha value is -1.36. The molecule has 90 valence electrons. The summed E-state index contributed by atoms with van der Waals surface area (Å²) in [6.07, 6.45) is 3.04. The minimum atomic E-state index is -0.372. The summed E-state index contributed by atoms with van der Waals surface area (Å²) < 4.78 is 1.59. The van der Waals surface area contributed by atoms with Crippen LogP contribution >= 0.6 is 0 Å². The van der Waals surface area contributed by atoms with Crippen LogP contribution in [0.2, 0.25) is 0 Å². The van der Waals surface area contributed by atoms with Crippen molar-refractivity contribution in [3.63, 3.8) is 0 Å². The van der Waals surface area contributed by atoms with E-state index in [0.717, 1.165) is 6.42 Å². The van der Waals surface area contributed by atoms with Crippen molar-refractivity contribution in [3.05, 3.63) is 18.0 Å². The van der Waals surface area contributed by atoms with E-state index >= 15 is 0 Å². The first kappa shape index (κ1) is 12.7. The number of hydrogen-bond donors (Lipinski definition) is 2. The first-order valence-corrected chi connectivity index (χ1v) is 5.44. The van der Waals surface area contributed by atoms with Gasteiger partial charge < -0.3 is 10.4 Å². The molecule has 0 aromatic carbocycles. The Balaban J connectivity index is 2.69. The smallest absolute Gasteiger partial charge is 0.272 e. The number of aliphatic hydroxyl groups excluding tert-OH is 1. The molecule has 0 saturated carbocycles. The summed E-state index contributed by atoms with van der Waals surface area (Å²) in [5.74, 6) is -0.196. The van der Waals surface area contributed by atoms with E-state index in [0.29, 0.717) is 12.1 Å². The van der Waals surface area contributed by atoms with Gasteiger partial charge in [-0.1, -0.05) is 6.92 Å². The van der Waals surface area contributed by atoms with Crippen molar-refractivity contribution in [2.24, 2.45) is 7.05 Å². The Kier molecular flexibility index (Phi) is 4.06. The van der Waals surface area contributed by atoms with Crippen molar-refractivity contribution in [2.45, 2.75) is 32.2 Å². The Morgan fingerprint density at radius 2 is 2.38 bits per heavy atom. The van der Waals surface area contributed by atoms with E-state index in [1.165, 1.54) is 0 Å². The second-order valence-corrected chi connectivity index (χ2v) is 4.22. The number of aryl methyl sites for hydroxylation is 1. The van der Waals surface area contributed by atoms with Crippen molar-refractivity contribution >= 4 is 5.91 Å². The number of rotatable bonds is 5. The Morgan fingerprint density at radius 1 is 1.69 bits per heavy atom. The molecule has 1 atom stereocenters. The van der Waals surface area contributed by atoms with Crippen molar-refractivity contribution in [3.8, 4) is 0 Å². The third-order valence-corrected chi connectivity index (χ3v) is 2.81. The fourth-order valence-corrected chi connectivity index (χ4v) is 1.45. The molecule has 0 fully saturated rings. The molecule has 1 amide bonds. The van der Waals surface area contributed by atoms with Crippen LogP contribution < -0.4 is 5.32 Å². The minimum absolute atomic E-state index is 0.0623. The molecule has 5 nitrogen and oxygen atoms in total. The molecular weight excluding hydrogens is 206 g/mol. The normalized spacial score (nSPS) is 14.5. The van der Waals surface area contributed by atoms with Crippen LogP contribution in [0.5, 0.6) is 0 Å². The molecule has 0 aliphatic heterocycles. The summed E-state index contributed by atoms with van der Waals surface area (Å²) in [7, 11) is 1.77. The summed E-state index contributed by atoms with van der Waals surface area (Å²) in [6.45, 7) is 3.96. The molecule has 2 N–H and O–H groups in total. The molecule has 1 unspecified atom stereocenters. The highest BCUT2D eigenvalue weighted by molar-refractivity contribution is 5.92. The SMILES string of the molecule is CCC(C)(CCO)NC(=O)c1ccn(C)n1. The second kappa shape index (κ2) is 5.12. The van der Waals surface area contributed by atoms with Crippen LogP contribution in [-0.2, 0) is 7.05 Å². The van der Waals surface area contributed by atoms with Gasteiger partial charge in [-0.2, -0.15) is 5.10 Å². The van der Waals surface area contributed by atoms with Crippen molar-refractivity contribution in [1.82, 2.24) is 15.1 Å². The van der Waals surface area contributed by atoms with E-state index in [-0.39, 0.29) is 18.1 Å². The maximum Gasteiger partial charge on any atom is 0.272 e. The van der Waals surface area contributed by atoms with Crippen molar-refractivity contribution < 1.29 is 9.90 Å². The highest BCUT2D eigenvalue weighted by Crippen LogP contribution is 2.14. The molecule has 0 radical (unpaired) electrons. The molecule has 1 aromatic heterocycles. The Bertz CT molecular complexity index is 362. The lowest BCUT2D eigenvalue weighted by Gasteiger charge is -2.28. The topological polar surface area (TPSA) is 67.2 Å². The zero-order chi connectivity index (χ0) is 12.2. The van der Waals surface area contributed by atoms with Crippen LogP contribution in [-0.4, -0.2) is 32.9 Å². The van der Waals surface area contributed by atoms with Crippen LogP contribution in [0, 0.1) is 0 Å². The lowest BCUT2D eigenvalue weighted by Crippen LogP contribution is -2.46. The highest BCUT2D eigenvalue weighted by atomic mass is 16.3. The summed E-state index contributed by atoms with van der Waals surface area (Å²) in [5, 5.41) is 15.9. The van der Waals surface area contributed by atoms with Crippen LogP contribution in [0.1, 0.15) is 37.2 Å². The van der Waals surface area contributed by atoms with Crippen molar-refractivity contribution in [2.75, 3.05) is 6.61 Å². The van der Waals surface area contributed by atoms with Gasteiger partial charge in [0.05, 0.1) is 0 Å². The summed E-state index contributed by atoms with van der Waals surface area (Å²) >= 11 is 0. The molecule has 16 heavy (non-hydrogen) atoms. The highest BCUT2D eigenvalue weighted by Gasteiger charge is 2.24. The van der Waals surface area contributed by atoms with Gasteiger partial charge in [0.2, 0.25) is 0 Å². The maximum atomic E-state index is 11.8. The largest absolute Gasteiger partial charge is 0.396 e. The van der Waals surface area contributed by atoms with Crippen LogP contribution in [0.3, 0.4) is 0 Å². The van der Waals surface area contributed by atoms with Crippen LogP contribution in [0.25, 0.3) is 0 Å².